The number of nitrogens with one attached hydrogen (secondary N) is 2. The Balaban J connectivity index is 1.49. The van der Waals surface area contributed by atoms with Crippen molar-refractivity contribution in [3.05, 3.63) is 29.8 Å². The molecule has 144 valence electrons. The SMILES string of the molecule is CN=C(NCc1ccccc1OC1CCC1)NCC1(CCOC)CCC1. The van der Waals surface area contributed by atoms with Crippen LogP contribution in [0.4, 0.5) is 0 Å². The number of nitrogens with zero attached hydrogens (tertiary/aromatic N) is 1. The molecule has 3 rings (SSSR count). The Morgan fingerprint density at radius 3 is 2.62 bits per heavy atom. The maximum absolute atomic E-state index is 6.12. The average molecular weight is 360 g/mol. The zero-order valence-corrected chi connectivity index (χ0v) is 16.2. The van der Waals surface area contributed by atoms with Crippen LogP contribution in [-0.4, -0.2) is 39.4 Å². The zero-order chi connectivity index (χ0) is 18.2. The van der Waals surface area contributed by atoms with Gasteiger partial charge in [0, 0.05) is 39.4 Å². The minimum absolute atomic E-state index is 0.374. The van der Waals surface area contributed by atoms with E-state index in [-0.39, 0.29) is 0 Å². The van der Waals surface area contributed by atoms with E-state index < -0.39 is 0 Å². The molecule has 0 saturated heterocycles. The molecule has 0 heterocycles. The summed E-state index contributed by atoms with van der Waals surface area (Å²) < 4.78 is 11.4. The van der Waals surface area contributed by atoms with Gasteiger partial charge >= 0.3 is 0 Å². The quantitative estimate of drug-likeness (QED) is 0.523. The lowest BCUT2D eigenvalue weighted by molar-refractivity contribution is 0.0732. The molecule has 0 unspecified atom stereocenters. The fourth-order valence-electron chi connectivity index (χ4n) is 3.61. The van der Waals surface area contributed by atoms with Crippen molar-refractivity contribution in [3.8, 4) is 5.75 Å². The molecular formula is C21H33N3O2. The minimum Gasteiger partial charge on any atom is -0.490 e. The van der Waals surface area contributed by atoms with Crippen LogP contribution in [0.25, 0.3) is 0 Å². The highest BCUT2D eigenvalue weighted by Crippen LogP contribution is 2.43. The molecule has 0 amide bonds. The third-order valence-electron chi connectivity index (χ3n) is 5.87. The topological polar surface area (TPSA) is 54.9 Å². The number of para-hydroxylation sites is 1. The monoisotopic (exact) mass is 359 g/mol. The summed E-state index contributed by atoms with van der Waals surface area (Å²) in [6, 6.07) is 8.30. The summed E-state index contributed by atoms with van der Waals surface area (Å²) in [6.07, 6.45) is 9.02. The van der Waals surface area contributed by atoms with E-state index in [9.17, 15) is 0 Å². The summed E-state index contributed by atoms with van der Waals surface area (Å²) in [4.78, 5) is 4.39. The van der Waals surface area contributed by atoms with Gasteiger partial charge in [-0.2, -0.15) is 0 Å². The van der Waals surface area contributed by atoms with Gasteiger partial charge in [0.15, 0.2) is 5.96 Å². The van der Waals surface area contributed by atoms with Gasteiger partial charge < -0.3 is 20.1 Å². The molecule has 0 aliphatic heterocycles. The molecule has 26 heavy (non-hydrogen) atoms. The van der Waals surface area contributed by atoms with Crippen molar-refractivity contribution >= 4 is 5.96 Å². The van der Waals surface area contributed by atoms with Crippen LogP contribution in [0.2, 0.25) is 0 Å². The first-order chi connectivity index (χ1) is 12.7. The fourth-order valence-corrected chi connectivity index (χ4v) is 3.61. The average Bonchev–Trinajstić information content (AvgIpc) is 2.60. The first-order valence-electron chi connectivity index (χ1n) is 9.93. The van der Waals surface area contributed by atoms with Gasteiger partial charge in [-0.25, -0.2) is 0 Å². The molecule has 5 heteroatoms. The molecule has 2 aliphatic rings. The minimum atomic E-state index is 0.374. The lowest BCUT2D eigenvalue weighted by Crippen LogP contribution is -2.46. The maximum atomic E-state index is 6.12. The summed E-state index contributed by atoms with van der Waals surface area (Å²) in [5.74, 6) is 1.85. The number of aliphatic imine (C=N–C) groups is 1. The Labute approximate surface area is 157 Å². The molecule has 5 nitrogen and oxygen atoms in total. The van der Waals surface area contributed by atoms with E-state index in [0.717, 1.165) is 31.3 Å². The van der Waals surface area contributed by atoms with Crippen molar-refractivity contribution in [2.45, 2.75) is 57.6 Å². The lowest BCUT2D eigenvalue weighted by Gasteiger charge is -2.42. The van der Waals surface area contributed by atoms with E-state index in [0.29, 0.717) is 18.1 Å². The Hall–Kier alpha value is -1.75. The van der Waals surface area contributed by atoms with Crippen LogP contribution < -0.4 is 15.4 Å². The highest BCUT2D eigenvalue weighted by Gasteiger charge is 2.36. The molecule has 0 bridgehead atoms. The number of rotatable bonds is 9. The molecule has 1 aromatic carbocycles. The second kappa shape index (κ2) is 9.26. The van der Waals surface area contributed by atoms with Crippen LogP contribution in [-0.2, 0) is 11.3 Å². The third kappa shape index (κ3) is 4.91. The molecule has 2 aliphatic carbocycles. The van der Waals surface area contributed by atoms with E-state index in [1.54, 1.807) is 7.11 Å². The van der Waals surface area contributed by atoms with Gasteiger partial charge in [0.25, 0.3) is 0 Å². The number of ether oxygens (including phenoxy) is 2. The van der Waals surface area contributed by atoms with Crippen molar-refractivity contribution < 1.29 is 9.47 Å². The second-order valence-corrected chi connectivity index (χ2v) is 7.65. The molecule has 1 aromatic rings. The molecular weight excluding hydrogens is 326 g/mol. The third-order valence-corrected chi connectivity index (χ3v) is 5.87. The predicted octanol–water partition coefficient (Wildman–Crippen LogP) is 3.49. The van der Waals surface area contributed by atoms with Crippen molar-refractivity contribution in [2.24, 2.45) is 10.4 Å². The van der Waals surface area contributed by atoms with Crippen LogP contribution in [0.1, 0.15) is 50.5 Å². The smallest absolute Gasteiger partial charge is 0.191 e. The molecule has 2 saturated carbocycles. The van der Waals surface area contributed by atoms with Gasteiger partial charge in [-0.05, 0) is 50.0 Å². The first-order valence-corrected chi connectivity index (χ1v) is 9.93. The maximum Gasteiger partial charge on any atom is 0.191 e. The predicted molar refractivity (Wildman–Crippen MR) is 106 cm³/mol. The van der Waals surface area contributed by atoms with Crippen LogP contribution in [0.3, 0.4) is 0 Å². The Morgan fingerprint density at radius 2 is 2.00 bits per heavy atom. The summed E-state index contributed by atoms with van der Waals surface area (Å²) in [6.45, 7) is 2.50. The molecule has 0 spiro atoms. The van der Waals surface area contributed by atoms with Crippen LogP contribution in [0.5, 0.6) is 5.75 Å². The second-order valence-electron chi connectivity index (χ2n) is 7.65. The Kier molecular flexibility index (Phi) is 6.78. The van der Waals surface area contributed by atoms with Crippen molar-refractivity contribution in [1.29, 1.82) is 0 Å². The summed E-state index contributed by atoms with van der Waals surface area (Å²) in [7, 11) is 3.61. The standard InChI is InChI=1S/C21H33N3O2/c1-22-20(24-16-21(11-6-12-21)13-14-25-2)23-15-17-7-3-4-10-19(17)26-18-8-5-9-18/h3-4,7,10,18H,5-6,8-9,11-16H2,1-2H3,(H2,22,23,24). The Bertz CT molecular complexity index is 595. The molecule has 2 N–H and O–H groups in total. The number of methoxy groups -OCH3 is 1. The van der Waals surface area contributed by atoms with Gasteiger partial charge in [0.1, 0.15) is 5.75 Å². The van der Waals surface area contributed by atoms with E-state index in [2.05, 4.69) is 33.8 Å². The number of guanidine groups is 1. The van der Waals surface area contributed by atoms with Gasteiger partial charge in [-0.15, -0.1) is 0 Å². The molecule has 2 fully saturated rings. The number of benzene rings is 1. The van der Waals surface area contributed by atoms with Crippen LogP contribution in [0.15, 0.2) is 29.3 Å². The fraction of sp³-hybridized carbons (Fsp3) is 0.667. The van der Waals surface area contributed by atoms with Gasteiger partial charge in [-0.1, -0.05) is 24.6 Å². The van der Waals surface area contributed by atoms with Gasteiger partial charge in [0.05, 0.1) is 6.10 Å². The van der Waals surface area contributed by atoms with Crippen molar-refractivity contribution in [1.82, 2.24) is 10.6 Å². The summed E-state index contributed by atoms with van der Waals surface area (Å²) >= 11 is 0. The van der Waals surface area contributed by atoms with Gasteiger partial charge in [-0.3, -0.25) is 4.99 Å². The highest BCUT2D eigenvalue weighted by atomic mass is 16.5. The molecule has 0 aromatic heterocycles. The van der Waals surface area contributed by atoms with E-state index in [1.165, 1.54) is 44.1 Å². The number of hydrogen-bond donors (Lipinski definition) is 2. The van der Waals surface area contributed by atoms with Crippen LogP contribution in [0, 0.1) is 5.41 Å². The Morgan fingerprint density at radius 1 is 1.19 bits per heavy atom. The van der Waals surface area contributed by atoms with Gasteiger partial charge in [0.2, 0.25) is 0 Å². The highest BCUT2D eigenvalue weighted by molar-refractivity contribution is 5.79. The zero-order valence-electron chi connectivity index (χ0n) is 16.2. The normalized spacial score (nSPS) is 19.4. The van der Waals surface area contributed by atoms with E-state index in [1.807, 2.05) is 13.1 Å². The summed E-state index contributed by atoms with van der Waals surface area (Å²) in [5, 5.41) is 6.96. The van der Waals surface area contributed by atoms with Crippen molar-refractivity contribution in [3.63, 3.8) is 0 Å². The number of hydrogen-bond acceptors (Lipinski definition) is 3. The lowest BCUT2D eigenvalue weighted by atomic mass is 9.67. The molecule has 0 atom stereocenters. The van der Waals surface area contributed by atoms with E-state index in [4.69, 9.17) is 9.47 Å². The molecule has 0 radical (unpaired) electrons. The van der Waals surface area contributed by atoms with Crippen molar-refractivity contribution in [2.75, 3.05) is 27.3 Å². The largest absolute Gasteiger partial charge is 0.490 e. The first kappa shape index (κ1) is 19.0. The van der Waals surface area contributed by atoms with Crippen LogP contribution >= 0.6 is 0 Å². The van der Waals surface area contributed by atoms with E-state index >= 15 is 0 Å². The summed E-state index contributed by atoms with van der Waals surface area (Å²) in [5.41, 5.74) is 1.55.